The standard InChI is InChI=1S/C16H20N2O2S/c1-3-21-9-8-11(2)18-15-13-7-5-4-6-12(13)14(10-17-15)16(19)20/h4-7,10-11H,3,8-9H2,1-2H3,(H,17,18)(H,19,20). The fraction of sp³-hybridized carbons (Fsp3) is 0.375. The zero-order valence-electron chi connectivity index (χ0n) is 12.3. The molecule has 2 aromatic rings. The molecule has 0 amide bonds. The molecule has 2 rings (SSSR count). The molecular formula is C16H20N2O2S. The van der Waals surface area contributed by atoms with Crippen LogP contribution in [0.2, 0.25) is 0 Å². The molecule has 21 heavy (non-hydrogen) atoms. The summed E-state index contributed by atoms with van der Waals surface area (Å²) in [6, 6.07) is 7.78. The molecule has 1 heterocycles. The summed E-state index contributed by atoms with van der Waals surface area (Å²) in [7, 11) is 0. The van der Waals surface area contributed by atoms with Crippen molar-refractivity contribution in [3.05, 3.63) is 36.0 Å². The van der Waals surface area contributed by atoms with Crippen LogP contribution in [0, 0.1) is 0 Å². The summed E-state index contributed by atoms with van der Waals surface area (Å²) in [5.74, 6) is 2.04. The van der Waals surface area contributed by atoms with Crippen molar-refractivity contribution >= 4 is 34.3 Å². The van der Waals surface area contributed by atoms with E-state index in [1.807, 2.05) is 36.0 Å². The number of thioether (sulfide) groups is 1. The molecular weight excluding hydrogens is 284 g/mol. The van der Waals surface area contributed by atoms with Gasteiger partial charge in [0.25, 0.3) is 0 Å². The average Bonchev–Trinajstić information content (AvgIpc) is 2.47. The van der Waals surface area contributed by atoms with E-state index in [2.05, 4.69) is 24.1 Å². The topological polar surface area (TPSA) is 62.2 Å². The minimum atomic E-state index is -0.947. The zero-order chi connectivity index (χ0) is 15.2. The van der Waals surface area contributed by atoms with E-state index >= 15 is 0 Å². The van der Waals surface area contributed by atoms with Crippen LogP contribution in [0.4, 0.5) is 5.82 Å². The summed E-state index contributed by atoms with van der Waals surface area (Å²) < 4.78 is 0. The highest BCUT2D eigenvalue weighted by Crippen LogP contribution is 2.25. The van der Waals surface area contributed by atoms with Gasteiger partial charge in [0.05, 0.1) is 5.56 Å². The lowest BCUT2D eigenvalue weighted by molar-refractivity contribution is 0.0698. The number of benzene rings is 1. The van der Waals surface area contributed by atoms with Crippen LogP contribution in [-0.2, 0) is 0 Å². The fourth-order valence-electron chi connectivity index (χ4n) is 2.19. The largest absolute Gasteiger partial charge is 0.478 e. The van der Waals surface area contributed by atoms with E-state index in [0.717, 1.165) is 34.5 Å². The van der Waals surface area contributed by atoms with Gasteiger partial charge in [-0.05, 0) is 24.9 Å². The van der Waals surface area contributed by atoms with Crippen LogP contribution in [0.5, 0.6) is 0 Å². The smallest absolute Gasteiger partial charge is 0.337 e. The molecule has 0 saturated heterocycles. The second-order valence-corrected chi connectivity index (χ2v) is 6.30. The predicted octanol–water partition coefficient (Wildman–Crippen LogP) is 3.88. The van der Waals surface area contributed by atoms with E-state index in [4.69, 9.17) is 0 Å². The Hall–Kier alpha value is -1.75. The SMILES string of the molecule is CCSCCC(C)Nc1ncc(C(=O)O)c2ccccc12. The van der Waals surface area contributed by atoms with Crippen LogP contribution >= 0.6 is 11.8 Å². The molecule has 1 atom stereocenters. The molecule has 0 aliphatic carbocycles. The van der Waals surface area contributed by atoms with Crippen molar-refractivity contribution in [1.82, 2.24) is 4.98 Å². The van der Waals surface area contributed by atoms with Gasteiger partial charge in [-0.1, -0.05) is 31.2 Å². The predicted molar refractivity (Wildman–Crippen MR) is 89.4 cm³/mol. The van der Waals surface area contributed by atoms with Gasteiger partial charge in [0.2, 0.25) is 0 Å². The molecule has 0 radical (unpaired) electrons. The Bertz CT molecular complexity index is 631. The third-order valence-corrected chi connectivity index (χ3v) is 4.24. The summed E-state index contributed by atoms with van der Waals surface area (Å²) in [6.45, 7) is 4.28. The molecule has 0 aliphatic heterocycles. The number of nitrogens with one attached hydrogen (secondary N) is 1. The van der Waals surface area contributed by atoms with Gasteiger partial charge in [-0.25, -0.2) is 9.78 Å². The third-order valence-electron chi connectivity index (χ3n) is 3.31. The highest BCUT2D eigenvalue weighted by atomic mass is 32.2. The number of carboxylic acid groups (broad SMARTS) is 1. The minimum absolute atomic E-state index is 0.241. The van der Waals surface area contributed by atoms with Crippen LogP contribution in [-0.4, -0.2) is 33.6 Å². The zero-order valence-corrected chi connectivity index (χ0v) is 13.1. The van der Waals surface area contributed by atoms with Gasteiger partial charge < -0.3 is 10.4 Å². The van der Waals surface area contributed by atoms with Gasteiger partial charge in [-0.3, -0.25) is 0 Å². The van der Waals surface area contributed by atoms with E-state index in [1.165, 1.54) is 6.20 Å². The number of hydrogen-bond donors (Lipinski definition) is 2. The Morgan fingerprint density at radius 1 is 1.38 bits per heavy atom. The number of carboxylic acids is 1. The van der Waals surface area contributed by atoms with Crippen molar-refractivity contribution in [3.63, 3.8) is 0 Å². The second kappa shape index (κ2) is 7.31. The molecule has 0 fully saturated rings. The van der Waals surface area contributed by atoms with Crippen molar-refractivity contribution in [1.29, 1.82) is 0 Å². The summed E-state index contributed by atoms with van der Waals surface area (Å²) in [6.07, 6.45) is 2.48. The van der Waals surface area contributed by atoms with E-state index in [0.29, 0.717) is 6.04 Å². The first-order valence-corrected chi connectivity index (χ1v) is 8.24. The summed E-state index contributed by atoms with van der Waals surface area (Å²) in [5, 5.41) is 14.2. The number of nitrogens with zero attached hydrogens (tertiary/aromatic N) is 1. The van der Waals surface area contributed by atoms with Crippen molar-refractivity contribution < 1.29 is 9.90 Å². The van der Waals surface area contributed by atoms with E-state index in [9.17, 15) is 9.90 Å². The highest BCUT2D eigenvalue weighted by Gasteiger charge is 2.13. The van der Waals surface area contributed by atoms with E-state index in [1.54, 1.807) is 0 Å². The van der Waals surface area contributed by atoms with Gasteiger partial charge in [0, 0.05) is 23.0 Å². The maximum atomic E-state index is 11.3. The number of aromatic carboxylic acids is 1. The lowest BCUT2D eigenvalue weighted by Gasteiger charge is -2.16. The maximum absolute atomic E-state index is 11.3. The van der Waals surface area contributed by atoms with E-state index < -0.39 is 5.97 Å². The van der Waals surface area contributed by atoms with Crippen molar-refractivity contribution in [3.8, 4) is 0 Å². The van der Waals surface area contributed by atoms with Crippen LogP contribution in [0.25, 0.3) is 10.8 Å². The number of aromatic nitrogens is 1. The van der Waals surface area contributed by atoms with Crippen molar-refractivity contribution in [2.24, 2.45) is 0 Å². The Morgan fingerprint density at radius 2 is 2.10 bits per heavy atom. The van der Waals surface area contributed by atoms with Crippen molar-refractivity contribution in [2.45, 2.75) is 26.3 Å². The van der Waals surface area contributed by atoms with Gasteiger partial charge in [-0.2, -0.15) is 11.8 Å². The Balaban J connectivity index is 2.25. The van der Waals surface area contributed by atoms with Crippen LogP contribution < -0.4 is 5.32 Å². The maximum Gasteiger partial charge on any atom is 0.337 e. The van der Waals surface area contributed by atoms with Crippen molar-refractivity contribution in [2.75, 3.05) is 16.8 Å². The highest BCUT2D eigenvalue weighted by molar-refractivity contribution is 7.99. The quantitative estimate of drug-likeness (QED) is 0.760. The normalized spacial score (nSPS) is 12.3. The number of carbonyl (C=O) groups is 1. The number of pyridine rings is 1. The molecule has 0 saturated carbocycles. The van der Waals surface area contributed by atoms with Crippen LogP contribution in [0.1, 0.15) is 30.6 Å². The number of anilines is 1. The first-order valence-electron chi connectivity index (χ1n) is 7.08. The molecule has 112 valence electrons. The Morgan fingerprint density at radius 3 is 2.76 bits per heavy atom. The number of hydrogen-bond acceptors (Lipinski definition) is 4. The molecule has 1 aromatic carbocycles. The van der Waals surface area contributed by atoms with Gasteiger partial charge in [-0.15, -0.1) is 0 Å². The summed E-state index contributed by atoms with van der Waals surface area (Å²) in [5.41, 5.74) is 0.241. The third kappa shape index (κ3) is 3.88. The Labute approximate surface area is 129 Å². The number of rotatable bonds is 7. The fourth-order valence-corrected chi connectivity index (χ4v) is 3.00. The Kier molecular flexibility index (Phi) is 5.44. The average molecular weight is 304 g/mol. The molecule has 0 bridgehead atoms. The lowest BCUT2D eigenvalue weighted by atomic mass is 10.1. The molecule has 2 N–H and O–H groups in total. The van der Waals surface area contributed by atoms with Crippen LogP contribution in [0.15, 0.2) is 30.5 Å². The monoisotopic (exact) mass is 304 g/mol. The molecule has 5 heteroatoms. The molecule has 1 unspecified atom stereocenters. The van der Waals surface area contributed by atoms with E-state index in [-0.39, 0.29) is 5.56 Å². The van der Waals surface area contributed by atoms with Gasteiger partial charge >= 0.3 is 5.97 Å². The molecule has 0 aliphatic rings. The second-order valence-electron chi connectivity index (χ2n) is 4.90. The number of fused-ring (bicyclic) bond motifs is 1. The van der Waals surface area contributed by atoms with Crippen LogP contribution in [0.3, 0.4) is 0 Å². The first-order chi connectivity index (χ1) is 10.1. The first kappa shape index (κ1) is 15.6. The summed E-state index contributed by atoms with van der Waals surface area (Å²) >= 11 is 1.92. The molecule has 4 nitrogen and oxygen atoms in total. The lowest BCUT2D eigenvalue weighted by Crippen LogP contribution is -2.17. The van der Waals surface area contributed by atoms with Gasteiger partial charge in [0.15, 0.2) is 0 Å². The molecule has 0 spiro atoms. The van der Waals surface area contributed by atoms with Gasteiger partial charge in [0.1, 0.15) is 5.82 Å². The summed E-state index contributed by atoms with van der Waals surface area (Å²) in [4.78, 5) is 15.6. The minimum Gasteiger partial charge on any atom is -0.478 e. The molecule has 1 aromatic heterocycles.